The second-order valence-corrected chi connectivity index (χ2v) is 4.85. The first-order chi connectivity index (χ1) is 7.18. The van der Waals surface area contributed by atoms with Crippen molar-refractivity contribution >= 4 is 0 Å². The summed E-state index contributed by atoms with van der Waals surface area (Å²) in [4.78, 5) is 4.31. The van der Waals surface area contributed by atoms with Gasteiger partial charge in [0.25, 0.3) is 0 Å². The lowest BCUT2D eigenvalue weighted by molar-refractivity contribution is 0.385. The molecule has 0 aliphatic heterocycles. The van der Waals surface area contributed by atoms with Gasteiger partial charge in [-0.05, 0) is 31.1 Å². The Morgan fingerprint density at radius 1 is 1.60 bits per heavy atom. The molecule has 15 heavy (non-hydrogen) atoms. The first-order valence-corrected chi connectivity index (χ1v) is 5.90. The molecular weight excluding hydrogens is 186 g/mol. The fourth-order valence-corrected chi connectivity index (χ4v) is 2.17. The van der Waals surface area contributed by atoms with Gasteiger partial charge in [-0.1, -0.05) is 6.92 Å². The molecule has 84 valence electrons. The summed E-state index contributed by atoms with van der Waals surface area (Å²) in [6.45, 7) is 2.29. The summed E-state index contributed by atoms with van der Waals surface area (Å²) in [5.74, 6) is 2.74. The Morgan fingerprint density at radius 2 is 2.33 bits per heavy atom. The monoisotopic (exact) mass is 207 g/mol. The van der Waals surface area contributed by atoms with E-state index in [9.17, 15) is 0 Å². The fourth-order valence-electron chi connectivity index (χ4n) is 2.17. The molecule has 0 bridgehead atoms. The zero-order valence-electron chi connectivity index (χ0n) is 9.69. The van der Waals surface area contributed by atoms with Gasteiger partial charge in [-0.25, -0.2) is 4.98 Å². The topological polar surface area (TPSA) is 43.8 Å². The highest BCUT2D eigenvalue weighted by Gasteiger charge is 2.31. The lowest BCUT2D eigenvalue weighted by atomic mass is 9.94. The summed E-state index contributed by atoms with van der Waals surface area (Å²) in [6.07, 6.45) is 8.68. The molecule has 0 amide bonds. The average Bonchev–Trinajstić information content (AvgIpc) is 2.99. The minimum absolute atomic E-state index is 0.342. The molecule has 3 heteroatoms. The predicted molar refractivity (Wildman–Crippen MR) is 61.4 cm³/mol. The van der Waals surface area contributed by atoms with E-state index in [0.717, 1.165) is 24.6 Å². The van der Waals surface area contributed by atoms with Gasteiger partial charge in [0.05, 0.1) is 0 Å². The van der Waals surface area contributed by atoms with Gasteiger partial charge in [-0.15, -0.1) is 0 Å². The van der Waals surface area contributed by atoms with E-state index in [2.05, 4.69) is 16.5 Å². The molecule has 2 unspecified atom stereocenters. The molecule has 1 aliphatic carbocycles. The molecule has 1 fully saturated rings. The summed E-state index contributed by atoms with van der Waals surface area (Å²) >= 11 is 0. The molecule has 1 saturated carbocycles. The maximum absolute atomic E-state index is 6.19. The third-order valence-corrected chi connectivity index (χ3v) is 3.66. The van der Waals surface area contributed by atoms with E-state index in [1.807, 2.05) is 19.4 Å². The maximum Gasteiger partial charge on any atom is 0.108 e. The largest absolute Gasteiger partial charge is 0.338 e. The third kappa shape index (κ3) is 2.59. The minimum Gasteiger partial charge on any atom is -0.338 e. The van der Waals surface area contributed by atoms with E-state index < -0.39 is 0 Å². The van der Waals surface area contributed by atoms with Crippen LogP contribution in [0.5, 0.6) is 0 Å². The molecule has 1 heterocycles. The van der Waals surface area contributed by atoms with Crippen molar-refractivity contribution in [2.75, 3.05) is 0 Å². The maximum atomic E-state index is 6.19. The third-order valence-electron chi connectivity index (χ3n) is 3.66. The zero-order chi connectivity index (χ0) is 10.8. The summed E-state index contributed by atoms with van der Waals surface area (Å²) in [7, 11) is 2.04. The van der Waals surface area contributed by atoms with Crippen molar-refractivity contribution in [1.82, 2.24) is 9.55 Å². The van der Waals surface area contributed by atoms with E-state index in [1.54, 1.807) is 0 Å². The van der Waals surface area contributed by atoms with Crippen LogP contribution in [0.25, 0.3) is 0 Å². The highest BCUT2D eigenvalue weighted by atomic mass is 15.0. The smallest absolute Gasteiger partial charge is 0.108 e. The molecule has 1 aliphatic rings. The molecule has 0 aromatic carbocycles. The molecular formula is C12H21N3. The van der Waals surface area contributed by atoms with Gasteiger partial charge in [-0.3, -0.25) is 0 Å². The van der Waals surface area contributed by atoms with Crippen LogP contribution in [-0.4, -0.2) is 15.6 Å². The van der Waals surface area contributed by atoms with Gasteiger partial charge in [-0.2, -0.15) is 0 Å². The first kappa shape index (κ1) is 10.7. The number of hydrogen-bond donors (Lipinski definition) is 1. The van der Waals surface area contributed by atoms with Crippen LogP contribution in [-0.2, 0) is 13.5 Å². The predicted octanol–water partition coefficient (Wildman–Crippen LogP) is 1.73. The summed E-state index contributed by atoms with van der Waals surface area (Å²) in [6, 6.07) is 0.342. The number of imidazole rings is 1. The highest BCUT2D eigenvalue weighted by Crippen LogP contribution is 2.38. The molecule has 0 saturated heterocycles. The van der Waals surface area contributed by atoms with Crippen LogP contribution >= 0.6 is 0 Å². The van der Waals surface area contributed by atoms with Gasteiger partial charge in [0.2, 0.25) is 0 Å². The number of rotatable bonds is 5. The van der Waals surface area contributed by atoms with Crippen LogP contribution in [0, 0.1) is 11.8 Å². The number of nitrogens with zero attached hydrogens (tertiary/aromatic N) is 2. The average molecular weight is 207 g/mol. The Balaban J connectivity index is 1.79. The molecule has 0 radical (unpaired) electrons. The lowest BCUT2D eigenvalue weighted by Gasteiger charge is -2.19. The normalized spacial score (nSPS) is 20.2. The van der Waals surface area contributed by atoms with Gasteiger partial charge in [0.1, 0.15) is 5.82 Å². The van der Waals surface area contributed by atoms with E-state index in [4.69, 9.17) is 5.73 Å². The van der Waals surface area contributed by atoms with Crippen LogP contribution in [0.3, 0.4) is 0 Å². The van der Waals surface area contributed by atoms with Gasteiger partial charge < -0.3 is 10.3 Å². The second kappa shape index (κ2) is 4.35. The Kier molecular flexibility index (Phi) is 3.10. The molecule has 0 spiro atoms. The standard InChI is InChI=1S/C12H21N3/c1-9(10-3-4-10)11(13)5-6-12-14-7-8-15(12)2/h7-11H,3-6,13H2,1-2H3. The van der Waals surface area contributed by atoms with Crippen molar-refractivity contribution in [3.05, 3.63) is 18.2 Å². The van der Waals surface area contributed by atoms with Crippen LogP contribution in [0.4, 0.5) is 0 Å². The first-order valence-electron chi connectivity index (χ1n) is 5.90. The quantitative estimate of drug-likeness (QED) is 0.799. The summed E-state index contributed by atoms with van der Waals surface area (Å²) in [5.41, 5.74) is 6.19. The SMILES string of the molecule is CC(C(N)CCc1nccn1C)C1CC1. The molecule has 2 N–H and O–H groups in total. The van der Waals surface area contributed by atoms with E-state index >= 15 is 0 Å². The van der Waals surface area contributed by atoms with E-state index in [0.29, 0.717) is 12.0 Å². The van der Waals surface area contributed by atoms with Crippen LogP contribution < -0.4 is 5.73 Å². The summed E-state index contributed by atoms with van der Waals surface area (Å²) in [5, 5.41) is 0. The van der Waals surface area contributed by atoms with Crippen LogP contribution in [0.2, 0.25) is 0 Å². The number of hydrogen-bond acceptors (Lipinski definition) is 2. The van der Waals surface area contributed by atoms with Crippen molar-refractivity contribution in [2.45, 2.75) is 38.6 Å². The lowest BCUT2D eigenvalue weighted by Crippen LogP contribution is -2.30. The van der Waals surface area contributed by atoms with Gasteiger partial charge in [0, 0.05) is 31.9 Å². The molecule has 3 nitrogen and oxygen atoms in total. The number of nitrogens with two attached hydrogens (primary N) is 1. The van der Waals surface area contributed by atoms with E-state index in [1.165, 1.54) is 12.8 Å². The Bertz CT molecular complexity index is 314. The fraction of sp³-hybridized carbons (Fsp3) is 0.750. The molecule has 2 atom stereocenters. The number of aromatic nitrogens is 2. The van der Waals surface area contributed by atoms with Crippen molar-refractivity contribution in [3.8, 4) is 0 Å². The van der Waals surface area contributed by atoms with Crippen LogP contribution in [0.15, 0.2) is 12.4 Å². The highest BCUT2D eigenvalue weighted by molar-refractivity contribution is 4.93. The van der Waals surface area contributed by atoms with Crippen LogP contribution in [0.1, 0.15) is 32.0 Å². The minimum atomic E-state index is 0.342. The van der Waals surface area contributed by atoms with E-state index in [-0.39, 0.29) is 0 Å². The Hall–Kier alpha value is -0.830. The number of aryl methyl sites for hydroxylation is 2. The van der Waals surface area contributed by atoms with Gasteiger partial charge in [0.15, 0.2) is 0 Å². The van der Waals surface area contributed by atoms with Crippen molar-refractivity contribution in [1.29, 1.82) is 0 Å². The van der Waals surface area contributed by atoms with Gasteiger partial charge >= 0.3 is 0 Å². The van der Waals surface area contributed by atoms with Crippen molar-refractivity contribution < 1.29 is 0 Å². The molecule has 2 rings (SSSR count). The Morgan fingerprint density at radius 3 is 2.87 bits per heavy atom. The zero-order valence-corrected chi connectivity index (χ0v) is 9.69. The Labute approximate surface area is 91.7 Å². The second-order valence-electron chi connectivity index (χ2n) is 4.85. The molecule has 1 aromatic rings. The molecule has 1 aromatic heterocycles. The van der Waals surface area contributed by atoms with Crippen molar-refractivity contribution in [2.24, 2.45) is 24.6 Å². The summed E-state index contributed by atoms with van der Waals surface area (Å²) < 4.78 is 2.08. The van der Waals surface area contributed by atoms with Crippen molar-refractivity contribution in [3.63, 3.8) is 0 Å².